The molecule has 0 fully saturated rings. The molecule has 31 heavy (non-hydrogen) atoms. The molecule has 0 spiro atoms. The van der Waals surface area contributed by atoms with E-state index < -0.39 is 0 Å². The van der Waals surface area contributed by atoms with E-state index in [-0.39, 0.29) is 5.91 Å². The van der Waals surface area contributed by atoms with Gasteiger partial charge in [0, 0.05) is 23.4 Å². The molecule has 0 aliphatic heterocycles. The maximum absolute atomic E-state index is 12.4. The zero-order chi connectivity index (χ0) is 21.8. The fourth-order valence-corrected chi connectivity index (χ4v) is 3.24. The van der Waals surface area contributed by atoms with Crippen LogP contribution in [0.1, 0.15) is 11.1 Å². The summed E-state index contributed by atoms with van der Waals surface area (Å²) in [6.45, 7) is 2.01. The van der Waals surface area contributed by atoms with Gasteiger partial charge in [0.2, 0.25) is 11.8 Å². The molecule has 0 aliphatic rings. The Balaban J connectivity index is 1.50. The molecule has 1 N–H and O–H groups in total. The fourth-order valence-electron chi connectivity index (χ4n) is 3.24. The number of oxazole rings is 1. The molecule has 0 radical (unpaired) electrons. The fraction of sp³-hybridized carbons (Fsp3) is 0.120. The van der Waals surface area contributed by atoms with Crippen LogP contribution in [0.2, 0.25) is 0 Å². The molecule has 1 heterocycles. The number of amides is 1. The van der Waals surface area contributed by atoms with Gasteiger partial charge in [0.05, 0.1) is 14.2 Å². The minimum Gasteiger partial charge on any atom is -0.493 e. The van der Waals surface area contributed by atoms with Gasteiger partial charge in [0.25, 0.3) is 0 Å². The molecular weight excluding hydrogens is 392 g/mol. The van der Waals surface area contributed by atoms with Gasteiger partial charge in [-0.3, -0.25) is 4.79 Å². The zero-order valence-electron chi connectivity index (χ0n) is 17.5. The van der Waals surface area contributed by atoms with Crippen molar-refractivity contribution < 1.29 is 18.7 Å². The predicted molar refractivity (Wildman–Crippen MR) is 121 cm³/mol. The van der Waals surface area contributed by atoms with E-state index in [2.05, 4.69) is 10.3 Å². The van der Waals surface area contributed by atoms with Crippen molar-refractivity contribution in [1.82, 2.24) is 4.98 Å². The van der Waals surface area contributed by atoms with Gasteiger partial charge in [-0.1, -0.05) is 24.3 Å². The Morgan fingerprint density at radius 3 is 2.58 bits per heavy atom. The molecule has 1 aromatic heterocycles. The molecule has 6 heteroatoms. The van der Waals surface area contributed by atoms with Crippen molar-refractivity contribution in [2.45, 2.75) is 6.92 Å². The highest BCUT2D eigenvalue weighted by Gasteiger charge is 2.11. The monoisotopic (exact) mass is 414 g/mol. The van der Waals surface area contributed by atoms with Gasteiger partial charge in [-0.15, -0.1) is 0 Å². The lowest BCUT2D eigenvalue weighted by Gasteiger charge is -2.07. The molecule has 0 saturated heterocycles. The van der Waals surface area contributed by atoms with Crippen molar-refractivity contribution in [2.75, 3.05) is 19.5 Å². The summed E-state index contributed by atoms with van der Waals surface area (Å²) in [5, 5.41) is 2.85. The first-order valence-electron chi connectivity index (χ1n) is 9.75. The molecule has 0 bridgehead atoms. The lowest BCUT2D eigenvalue weighted by Crippen LogP contribution is -2.07. The second-order valence-electron chi connectivity index (χ2n) is 6.95. The highest BCUT2D eigenvalue weighted by Crippen LogP contribution is 2.29. The van der Waals surface area contributed by atoms with E-state index in [0.29, 0.717) is 28.7 Å². The Hall–Kier alpha value is -4.06. The van der Waals surface area contributed by atoms with E-state index in [4.69, 9.17) is 13.9 Å². The van der Waals surface area contributed by atoms with Crippen molar-refractivity contribution in [1.29, 1.82) is 0 Å². The molecule has 1 amide bonds. The summed E-state index contributed by atoms with van der Waals surface area (Å²) in [6, 6.07) is 18.8. The van der Waals surface area contributed by atoms with Crippen LogP contribution in [0.25, 0.3) is 28.6 Å². The van der Waals surface area contributed by atoms with Crippen LogP contribution in [-0.2, 0) is 4.79 Å². The summed E-state index contributed by atoms with van der Waals surface area (Å²) in [6.07, 6.45) is 3.17. The SMILES string of the molecule is COc1ccc(/C=C/C(=O)Nc2ccc3nc(-c4ccccc4C)oc3c2)cc1OC. The molecule has 4 rings (SSSR count). The molecule has 4 aromatic rings. The van der Waals surface area contributed by atoms with E-state index in [9.17, 15) is 4.79 Å². The van der Waals surface area contributed by atoms with E-state index in [0.717, 1.165) is 22.2 Å². The van der Waals surface area contributed by atoms with Crippen LogP contribution in [0, 0.1) is 6.92 Å². The molecule has 156 valence electrons. The average Bonchev–Trinajstić information content (AvgIpc) is 3.21. The number of ether oxygens (including phenoxy) is 2. The van der Waals surface area contributed by atoms with E-state index in [1.165, 1.54) is 6.08 Å². The number of rotatable bonds is 6. The first-order valence-corrected chi connectivity index (χ1v) is 9.75. The first-order chi connectivity index (χ1) is 15.1. The Kier molecular flexibility index (Phi) is 5.71. The smallest absolute Gasteiger partial charge is 0.248 e. The third-order valence-corrected chi connectivity index (χ3v) is 4.87. The number of hydrogen-bond donors (Lipinski definition) is 1. The van der Waals surface area contributed by atoms with Crippen LogP contribution in [0.5, 0.6) is 11.5 Å². The minimum atomic E-state index is -0.257. The van der Waals surface area contributed by atoms with Crippen LogP contribution in [-0.4, -0.2) is 25.1 Å². The second kappa shape index (κ2) is 8.75. The number of fused-ring (bicyclic) bond motifs is 1. The van der Waals surface area contributed by atoms with Crippen molar-refractivity contribution in [2.24, 2.45) is 0 Å². The Morgan fingerprint density at radius 2 is 1.81 bits per heavy atom. The summed E-state index contributed by atoms with van der Waals surface area (Å²) in [4.78, 5) is 16.9. The van der Waals surface area contributed by atoms with Crippen LogP contribution >= 0.6 is 0 Å². The number of benzene rings is 3. The summed E-state index contributed by atoms with van der Waals surface area (Å²) < 4.78 is 16.4. The van der Waals surface area contributed by atoms with Crippen LogP contribution < -0.4 is 14.8 Å². The predicted octanol–water partition coefficient (Wildman–Crippen LogP) is 5.47. The molecule has 0 saturated carbocycles. The van der Waals surface area contributed by atoms with Gasteiger partial charge in [0.1, 0.15) is 5.52 Å². The van der Waals surface area contributed by atoms with Crippen molar-refractivity contribution in [3.05, 3.63) is 77.9 Å². The Morgan fingerprint density at radius 1 is 1.00 bits per heavy atom. The first kappa shape index (κ1) is 20.2. The number of aryl methyl sites for hydroxylation is 1. The quantitative estimate of drug-likeness (QED) is 0.423. The van der Waals surface area contributed by atoms with Gasteiger partial charge < -0.3 is 19.2 Å². The number of carbonyl (C=O) groups excluding carboxylic acids is 1. The lowest BCUT2D eigenvalue weighted by molar-refractivity contribution is -0.111. The Labute approximate surface area is 180 Å². The van der Waals surface area contributed by atoms with Crippen molar-refractivity contribution in [3.63, 3.8) is 0 Å². The molecular formula is C25H22N2O4. The highest BCUT2D eigenvalue weighted by atomic mass is 16.5. The lowest BCUT2D eigenvalue weighted by atomic mass is 10.1. The third-order valence-electron chi connectivity index (χ3n) is 4.87. The summed E-state index contributed by atoms with van der Waals surface area (Å²) in [5.41, 5.74) is 4.82. The van der Waals surface area contributed by atoms with Gasteiger partial charge in [-0.05, 0) is 54.5 Å². The topological polar surface area (TPSA) is 73.6 Å². The van der Waals surface area contributed by atoms with Gasteiger partial charge in [-0.25, -0.2) is 4.98 Å². The summed E-state index contributed by atoms with van der Waals surface area (Å²) >= 11 is 0. The van der Waals surface area contributed by atoms with E-state index in [1.54, 1.807) is 44.6 Å². The van der Waals surface area contributed by atoms with Crippen LogP contribution in [0.3, 0.4) is 0 Å². The van der Waals surface area contributed by atoms with Crippen LogP contribution in [0.4, 0.5) is 5.69 Å². The zero-order valence-corrected chi connectivity index (χ0v) is 17.5. The van der Waals surface area contributed by atoms with Crippen molar-refractivity contribution in [3.8, 4) is 23.0 Å². The summed E-state index contributed by atoms with van der Waals surface area (Å²) in [5.74, 6) is 1.54. The number of nitrogens with one attached hydrogen (secondary N) is 1. The number of hydrogen-bond acceptors (Lipinski definition) is 5. The number of carbonyl (C=O) groups is 1. The van der Waals surface area contributed by atoms with Gasteiger partial charge in [-0.2, -0.15) is 0 Å². The second-order valence-corrected chi connectivity index (χ2v) is 6.95. The molecule has 6 nitrogen and oxygen atoms in total. The molecule has 0 atom stereocenters. The maximum atomic E-state index is 12.4. The summed E-state index contributed by atoms with van der Waals surface area (Å²) in [7, 11) is 3.15. The molecule has 3 aromatic carbocycles. The minimum absolute atomic E-state index is 0.257. The number of anilines is 1. The standard InChI is InChI=1S/C25H22N2O4/c1-16-6-4-5-7-19(16)25-27-20-11-10-18(15-22(20)31-25)26-24(28)13-9-17-8-12-21(29-2)23(14-17)30-3/h4-15H,1-3H3,(H,26,28)/b13-9+. The van der Waals surface area contributed by atoms with E-state index in [1.807, 2.05) is 43.3 Å². The highest BCUT2D eigenvalue weighted by molar-refractivity contribution is 6.02. The average molecular weight is 414 g/mol. The number of nitrogens with zero attached hydrogens (tertiary/aromatic N) is 1. The van der Waals surface area contributed by atoms with E-state index >= 15 is 0 Å². The van der Waals surface area contributed by atoms with Gasteiger partial charge >= 0.3 is 0 Å². The Bertz CT molecular complexity index is 1270. The molecule has 0 aliphatic carbocycles. The van der Waals surface area contributed by atoms with Gasteiger partial charge in [0.15, 0.2) is 17.1 Å². The van der Waals surface area contributed by atoms with Crippen molar-refractivity contribution >= 4 is 28.8 Å². The normalized spacial score (nSPS) is 11.1. The maximum Gasteiger partial charge on any atom is 0.248 e. The number of aromatic nitrogens is 1. The number of methoxy groups -OCH3 is 2. The molecule has 0 unspecified atom stereocenters. The largest absolute Gasteiger partial charge is 0.493 e. The third kappa shape index (κ3) is 4.43. The van der Waals surface area contributed by atoms with Crippen LogP contribution in [0.15, 0.2) is 71.2 Å².